The Kier molecular flexibility index (Phi) is 4.52. The van der Waals surface area contributed by atoms with E-state index in [1.807, 2.05) is 7.05 Å². The van der Waals surface area contributed by atoms with Crippen molar-refractivity contribution in [2.45, 2.75) is 39.2 Å². The molecular formula is C15H23ClN2. The van der Waals surface area contributed by atoms with Crippen molar-refractivity contribution in [3.8, 4) is 0 Å². The van der Waals surface area contributed by atoms with Crippen LogP contribution in [0.2, 0.25) is 5.02 Å². The molecule has 1 aliphatic rings. The summed E-state index contributed by atoms with van der Waals surface area (Å²) in [6, 6.07) is 4.95. The molecular weight excluding hydrogens is 244 g/mol. The van der Waals surface area contributed by atoms with Gasteiger partial charge in [0.25, 0.3) is 0 Å². The van der Waals surface area contributed by atoms with Gasteiger partial charge in [-0.1, -0.05) is 17.7 Å². The molecule has 0 bridgehead atoms. The van der Waals surface area contributed by atoms with E-state index in [1.54, 1.807) is 0 Å². The Balaban J connectivity index is 2.24. The lowest BCUT2D eigenvalue weighted by Gasteiger charge is -2.29. The second-order valence-corrected chi connectivity index (χ2v) is 5.70. The highest BCUT2D eigenvalue weighted by Gasteiger charge is 2.26. The molecule has 1 heterocycles. The first-order valence-electron chi connectivity index (χ1n) is 6.81. The van der Waals surface area contributed by atoms with E-state index >= 15 is 0 Å². The van der Waals surface area contributed by atoms with Crippen LogP contribution >= 0.6 is 11.6 Å². The van der Waals surface area contributed by atoms with Crippen LogP contribution in [0.1, 0.15) is 30.4 Å². The fourth-order valence-electron chi connectivity index (χ4n) is 3.01. The van der Waals surface area contributed by atoms with Crippen LogP contribution < -0.4 is 10.2 Å². The zero-order valence-corrected chi connectivity index (χ0v) is 12.3. The molecule has 100 valence electrons. The van der Waals surface area contributed by atoms with Gasteiger partial charge in [0.05, 0.1) is 10.7 Å². The minimum Gasteiger partial charge on any atom is -0.367 e. The number of hydrogen-bond donors (Lipinski definition) is 1. The van der Waals surface area contributed by atoms with Crippen LogP contribution in [0.25, 0.3) is 0 Å². The molecule has 0 spiro atoms. The molecule has 0 aliphatic carbocycles. The fourth-order valence-corrected chi connectivity index (χ4v) is 3.44. The topological polar surface area (TPSA) is 15.3 Å². The molecule has 1 atom stereocenters. The number of halogens is 1. The lowest BCUT2D eigenvalue weighted by atomic mass is 10.1. The van der Waals surface area contributed by atoms with E-state index < -0.39 is 0 Å². The molecule has 1 aliphatic heterocycles. The lowest BCUT2D eigenvalue weighted by molar-refractivity contribution is 0.585. The van der Waals surface area contributed by atoms with Crippen LogP contribution in [-0.4, -0.2) is 26.2 Å². The summed E-state index contributed by atoms with van der Waals surface area (Å²) in [6.45, 7) is 6.48. The Labute approximate surface area is 115 Å². The summed E-state index contributed by atoms with van der Waals surface area (Å²) < 4.78 is 0. The first kappa shape index (κ1) is 13.7. The highest BCUT2D eigenvalue weighted by Crippen LogP contribution is 2.36. The first-order chi connectivity index (χ1) is 8.63. The average molecular weight is 267 g/mol. The van der Waals surface area contributed by atoms with E-state index in [4.69, 9.17) is 11.6 Å². The normalized spacial score (nSPS) is 19.6. The van der Waals surface area contributed by atoms with Crippen molar-refractivity contribution in [2.24, 2.45) is 0 Å². The molecule has 3 heteroatoms. The van der Waals surface area contributed by atoms with Crippen molar-refractivity contribution in [2.75, 3.05) is 25.0 Å². The van der Waals surface area contributed by atoms with E-state index in [9.17, 15) is 0 Å². The summed E-state index contributed by atoms with van der Waals surface area (Å²) >= 11 is 6.46. The first-order valence-corrected chi connectivity index (χ1v) is 7.19. The number of nitrogens with one attached hydrogen (secondary N) is 1. The van der Waals surface area contributed by atoms with Crippen molar-refractivity contribution in [3.63, 3.8) is 0 Å². The number of anilines is 1. The Bertz CT molecular complexity index is 394. The van der Waals surface area contributed by atoms with E-state index in [1.165, 1.54) is 36.1 Å². The molecule has 1 aromatic carbocycles. The monoisotopic (exact) mass is 266 g/mol. The second kappa shape index (κ2) is 5.94. The third-order valence-corrected chi connectivity index (χ3v) is 4.08. The fraction of sp³-hybridized carbons (Fsp3) is 0.600. The predicted octanol–water partition coefficient (Wildman–Crippen LogP) is 3.54. The summed E-state index contributed by atoms with van der Waals surface area (Å²) in [5.74, 6) is 0. The van der Waals surface area contributed by atoms with Crippen LogP contribution in [-0.2, 0) is 0 Å². The van der Waals surface area contributed by atoms with Gasteiger partial charge in [-0.15, -0.1) is 0 Å². The molecule has 0 aromatic heterocycles. The molecule has 2 rings (SSSR count). The van der Waals surface area contributed by atoms with Crippen LogP contribution in [0.3, 0.4) is 0 Å². The van der Waals surface area contributed by atoms with E-state index in [2.05, 4.69) is 36.2 Å². The van der Waals surface area contributed by atoms with Crippen LogP contribution in [0.4, 0.5) is 5.69 Å². The van der Waals surface area contributed by atoms with Gasteiger partial charge in [0.15, 0.2) is 0 Å². The summed E-state index contributed by atoms with van der Waals surface area (Å²) in [6.07, 6.45) is 3.75. The summed E-state index contributed by atoms with van der Waals surface area (Å²) in [4.78, 5) is 2.51. The molecule has 1 saturated heterocycles. The van der Waals surface area contributed by atoms with Crippen molar-refractivity contribution in [1.29, 1.82) is 0 Å². The zero-order chi connectivity index (χ0) is 13.1. The molecule has 1 unspecified atom stereocenters. The van der Waals surface area contributed by atoms with Gasteiger partial charge in [-0.05, 0) is 63.9 Å². The SMILES string of the molecule is CNCCC1CCCN1c1c(C)cc(C)cc1Cl. The van der Waals surface area contributed by atoms with Crippen LogP contribution in [0.15, 0.2) is 12.1 Å². The zero-order valence-electron chi connectivity index (χ0n) is 11.6. The van der Waals surface area contributed by atoms with Gasteiger partial charge in [0.1, 0.15) is 0 Å². The maximum Gasteiger partial charge on any atom is 0.0645 e. The van der Waals surface area contributed by atoms with E-state index in [-0.39, 0.29) is 0 Å². The highest BCUT2D eigenvalue weighted by molar-refractivity contribution is 6.33. The van der Waals surface area contributed by atoms with Gasteiger partial charge in [0.2, 0.25) is 0 Å². The molecule has 0 radical (unpaired) electrons. The molecule has 0 saturated carbocycles. The number of benzene rings is 1. The van der Waals surface area contributed by atoms with Gasteiger partial charge in [-0.2, -0.15) is 0 Å². The molecule has 0 amide bonds. The van der Waals surface area contributed by atoms with Crippen LogP contribution in [0.5, 0.6) is 0 Å². The predicted molar refractivity (Wildman–Crippen MR) is 79.8 cm³/mol. The smallest absolute Gasteiger partial charge is 0.0645 e. The second-order valence-electron chi connectivity index (χ2n) is 5.29. The summed E-state index contributed by atoms with van der Waals surface area (Å²) in [5.41, 5.74) is 3.80. The average Bonchev–Trinajstić information content (AvgIpc) is 2.73. The molecule has 2 nitrogen and oxygen atoms in total. The molecule has 18 heavy (non-hydrogen) atoms. The maximum absolute atomic E-state index is 6.46. The molecule has 1 aromatic rings. The van der Waals surface area contributed by atoms with Gasteiger partial charge in [-0.25, -0.2) is 0 Å². The maximum atomic E-state index is 6.46. The Hall–Kier alpha value is -0.730. The van der Waals surface area contributed by atoms with Crippen molar-refractivity contribution in [1.82, 2.24) is 5.32 Å². The van der Waals surface area contributed by atoms with E-state index in [0.29, 0.717) is 6.04 Å². The number of aryl methyl sites for hydroxylation is 2. The van der Waals surface area contributed by atoms with Gasteiger partial charge < -0.3 is 10.2 Å². The van der Waals surface area contributed by atoms with Gasteiger partial charge >= 0.3 is 0 Å². The van der Waals surface area contributed by atoms with Crippen molar-refractivity contribution < 1.29 is 0 Å². The number of rotatable bonds is 4. The molecule has 1 fully saturated rings. The van der Waals surface area contributed by atoms with Crippen LogP contribution in [0, 0.1) is 13.8 Å². The Morgan fingerprint density at radius 3 is 2.83 bits per heavy atom. The standard InChI is InChI=1S/C15H23ClN2/c1-11-9-12(2)15(14(16)10-11)18-8-4-5-13(18)6-7-17-3/h9-10,13,17H,4-8H2,1-3H3. The quantitative estimate of drug-likeness (QED) is 0.897. The third-order valence-electron chi connectivity index (χ3n) is 3.79. The summed E-state index contributed by atoms with van der Waals surface area (Å²) in [5, 5.41) is 4.15. The van der Waals surface area contributed by atoms with Crippen molar-refractivity contribution >= 4 is 17.3 Å². The minimum absolute atomic E-state index is 0.636. The minimum atomic E-state index is 0.636. The number of hydrogen-bond acceptors (Lipinski definition) is 2. The van der Waals surface area contributed by atoms with Gasteiger partial charge in [0, 0.05) is 12.6 Å². The number of nitrogens with zero attached hydrogens (tertiary/aromatic N) is 1. The Morgan fingerprint density at radius 2 is 2.17 bits per heavy atom. The third kappa shape index (κ3) is 2.81. The largest absolute Gasteiger partial charge is 0.367 e. The van der Waals surface area contributed by atoms with E-state index in [0.717, 1.165) is 18.1 Å². The van der Waals surface area contributed by atoms with Gasteiger partial charge in [-0.3, -0.25) is 0 Å². The van der Waals surface area contributed by atoms with Crippen molar-refractivity contribution in [3.05, 3.63) is 28.3 Å². The molecule has 1 N–H and O–H groups in total. The lowest BCUT2D eigenvalue weighted by Crippen LogP contribution is -2.32. The summed E-state index contributed by atoms with van der Waals surface area (Å²) in [7, 11) is 2.02. The Morgan fingerprint density at radius 1 is 1.39 bits per heavy atom. The highest BCUT2D eigenvalue weighted by atomic mass is 35.5.